The maximum atomic E-state index is 5.94. The molecule has 12 aromatic carbocycles. The highest BCUT2D eigenvalue weighted by atomic mass is 15.2. The van der Waals surface area contributed by atoms with Crippen molar-refractivity contribution in [2.75, 3.05) is 9.80 Å². The van der Waals surface area contributed by atoms with E-state index in [0.29, 0.717) is 29.3 Å². The van der Waals surface area contributed by atoms with Gasteiger partial charge in [0.05, 0.1) is 0 Å². The first-order chi connectivity index (χ1) is 50.9. The Hall–Kier alpha value is -10.7. The monoisotopic (exact) mass is 1360 g/mol. The molecule has 0 radical (unpaired) electrons. The van der Waals surface area contributed by atoms with Crippen molar-refractivity contribution in [1.82, 2.24) is 15.0 Å². The maximum absolute atomic E-state index is 5.94. The molecule has 1 aromatic heterocycles. The van der Waals surface area contributed by atoms with Gasteiger partial charge in [0.25, 0.3) is 6.71 Å². The average Bonchev–Trinajstić information content (AvgIpc) is 0.687. The predicted molar refractivity (Wildman–Crippen MR) is 445 cm³/mol. The molecule has 6 heteroatoms. The van der Waals surface area contributed by atoms with Gasteiger partial charge in [-0.3, -0.25) is 0 Å². The summed E-state index contributed by atoms with van der Waals surface area (Å²) >= 11 is 0. The lowest BCUT2D eigenvalue weighted by molar-refractivity contribution is 0.444. The third kappa shape index (κ3) is 13.4. The molecule has 3 heterocycles. The average molecular weight is 1360 g/mol. The first-order valence-corrected chi connectivity index (χ1v) is 38.6. The zero-order valence-corrected chi connectivity index (χ0v) is 62.5. The number of aromatic nitrogens is 3. The van der Waals surface area contributed by atoms with Gasteiger partial charge in [-0.1, -0.05) is 289 Å². The molecule has 4 aliphatic rings. The third-order valence-corrected chi connectivity index (χ3v) is 23.0. The molecule has 105 heavy (non-hydrogen) atoms. The summed E-state index contributed by atoms with van der Waals surface area (Å²) in [5.74, 6) is 2.78. The highest BCUT2D eigenvalue weighted by Gasteiger charge is 2.45. The Morgan fingerprint density at radius 2 is 0.562 bits per heavy atom. The van der Waals surface area contributed by atoms with Crippen LogP contribution in [0.4, 0.5) is 34.1 Å². The summed E-state index contributed by atoms with van der Waals surface area (Å²) in [6.45, 7) is 21.2. The van der Waals surface area contributed by atoms with Gasteiger partial charge in [-0.05, 0) is 239 Å². The Morgan fingerprint density at radius 1 is 0.267 bits per heavy atom. The molecule has 17 rings (SSSR count). The van der Waals surface area contributed by atoms with Crippen LogP contribution in [0, 0.1) is 0 Å². The van der Waals surface area contributed by atoms with Crippen molar-refractivity contribution in [3.8, 4) is 89.8 Å². The second-order valence-corrected chi connectivity index (χ2v) is 33.4. The van der Waals surface area contributed by atoms with Crippen LogP contribution in [0.15, 0.2) is 273 Å². The fourth-order valence-electron chi connectivity index (χ4n) is 17.2. The Labute approximate surface area is 623 Å². The molecule has 2 aliphatic carbocycles. The molecule has 0 unspecified atom stereocenters. The summed E-state index contributed by atoms with van der Waals surface area (Å²) in [5, 5.41) is 0. The van der Waals surface area contributed by atoms with Crippen molar-refractivity contribution in [2.45, 2.75) is 155 Å². The van der Waals surface area contributed by atoms with Crippen LogP contribution in [0.25, 0.3) is 89.8 Å². The molecule has 0 amide bonds. The van der Waals surface area contributed by atoms with E-state index in [0.717, 1.165) is 83.9 Å². The Morgan fingerprint density at radius 3 is 0.895 bits per heavy atom. The normalized spacial score (nSPS) is 14.8. The van der Waals surface area contributed by atoms with E-state index >= 15 is 0 Å². The Bertz CT molecular complexity index is 5090. The molecule has 5 nitrogen and oxygen atoms in total. The summed E-state index contributed by atoms with van der Waals surface area (Å²) in [6.07, 6.45) is 12.5. The van der Waals surface area contributed by atoms with Crippen LogP contribution in [-0.4, -0.2) is 21.7 Å². The zero-order valence-electron chi connectivity index (χ0n) is 62.5. The second-order valence-electron chi connectivity index (χ2n) is 33.4. The molecular weight excluding hydrogens is 1270 g/mol. The van der Waals surface area contributed by atoms with E-state index < -0.39 is 0 Å². The smallest absolute Gasteiger partial charge is 0.252 e. The predicted octanol–water partition coefficient (Wildman–Crippen LogP) is 25.3. The third-order valence-electron chi connectivity index (χ3n) is 23.0. The lowest BCUT2D eigenvalue weighted by Gasteiger charge is -2.45. The molecule has 0 saturated heterocycles. The van der Waals surface area contributed by atoms with Gasteiger partial charge in [-0.2, -0.15) is 0 Å². The van der Waals surface area contributed by atoms with Gasteiger partial charge < -0.3 is 9.80 Å². The Balaban J connectivity index is 1.01. The van der Waals surface area contributed by atoms with Gasteiger partial charge in [0.15, 0.2) is 17.5 Å². The van der Waals surface area contributed by atoms with Crippen LogP contribution < -0.4 is 26.2 Å². The van der Waals surface area contributed by atoms with Crippen molar-refractivity contribution in [2.24, 2.45) is 0 Å². The van der Waals surface area contributed by atoms with Gasteiger partial charge >= 0.3 is 0 Å². The molecule has 2 saturated carbocycles. The lowest BCUT2D eigenvalue weighted by Crippen LogP contribution is -2.61. The Kier molecular flexibility index (Phi) is 17.6. The summed E-state index contributed by atoms with van der Waals surface area (Å²) < 4.78 is 0. The number of fused-ring (bicyclic) bond motifs is 4. The van der Waals surface area contributed by atoms with Gasteiger partial charge in [-0.15, -0.1) is 0 Å². The number of hydrogen-bond acceptors (Lipinski definition) is 5. The first kappa shape index (κ1) is 67.5. The van der Waals surface area contributed by atoms with Crippen LogP contribution in [0.1, 0.15) is 166 Å². The largest absolute Gasteiger partial charge is 0.311 e. The molecule has 2 aliphatic heterocycles. The molecular formula is C99H94BN5. The second kappa shape index (κ2) is 27.4. The summed E-state index contributed by atoms with van der Waals surface area (Å²) in [6, 6.07) is 103. The number of anilines is 6. The van der Waals surface area contributed by atoms with Crippen molar-refractivity contribution in [3.63, 3.8) is 0 Å². The van der Waals surface area contributed by atoms with Gasteiger partial charge in [0.2, 0.25) is 0 Å². The fraction of sp³-hybridized carbons (Fsp3) is 0.242. The highest BCUT2D eigenvalue weighted by Crippen LogP contribution is 2.51. The van der Waals surface area contributed by atoms with E-state index in [2.05, 4.69) is 345 Å². The van der Waals surface area contributed by atoms with Crippen LogP contribution in [0.5, 0.6) is 0 Å². The quantitative estimate of drug-likeness (QED) is 0.114. The molecule has 0 atom stereocenters. The first-order valence-electron chi connectivity index (χ1n) is 38.6. The number of hydrogen-bond donors (Lipinski definition) is 0. The zero-order chi connectivity index (χ0) is 71.7. The van der Waals surface area contributed by atoms with E-state index in [9.17, 15) is 0 Å². The molecule has 518 valence electrons. The summed E-state index contributed by atoms with van der Waals surface area (Å²) in [5.41, 5.74) is 31.2. The molecule has 0 bridgehead atoms. The van der Waals surface area contributed by atoms with E-state index in [-0.39, 0.29) is 23.0 Å². The van der Waals surface area contributed by atoms with Gasteiger partial charge in [0, 0.05) is 50.8 Å². The molecule has 0 N–H and O–H groups in total. The van der Waals surface area contributed by atoms with Gasteiger partial charge in [0.1, 0.15) is 0 Å². The van der Waals surface area contributed by atoms with Crippen molar-refractivity contribution >= 4 is 57.2 Å². The minimum atomic E-state index is -0.186. The fourth-order valence-corrected chi connectivity index (χ4v) is 17.2. The van der Waals surface area contributed by atoms with Crippen molar-refractivity contribution in [3.05, 3.63) is 301 Å². The number of nitrogens with zero attached hydrogens (tertiary/aromatic N) is 5. The SMILES string of the molecule is CC(C)(C)c1cc(-c2ccccc2)cc(N2c3ccc(C4CCCCC4)cc3B3c4cc(C5CCCCC5)ccc4N(c4cc(C(C)(C)C)cc(C(C)(C)C)c4)c4cc(-c5nc(-c6cc(-c7ccccc7)cc(-c7ccccc7)c6)nc(-c6cc(-c7ccccc7)cc(-c7ccccc7)c6)n5)cc2c43)c1. The van der Waals surface area contributed by atoms with E-state index in [1.165, 1.54) is 131 Å². The van der Waals surface area contributed by atoms with Crippen LogP contribution in [-0.2, 0) is 16.2 Å². The van der Waals surface area contributed by atoms with Crippen LogP contribution >= 0.6 is 0 Å². The van der Waals surface area contributed by atoms with Crippen molar-refractivity contribution in [1.29, 1.82) is 0 Å². The summed E-state index contributed by atoms with van der Waals surface area (Å²) in [7, 11) is 0. The van der Waals surface area contributed by atoms with E-state index in [1.807, 2.05) is 0 Å². The molecule has 2 fully saturated rings. The molecule has 13 aromatic rings. The van der Waals surface area contributed by atoms with Crippen molar-refractivity contribution < 1.29 is 0 Å². The minimum Gasteiger partial charge on any atom is -0.311 e. The topological polar surface area (TPSA) is 45.2 Å². The van der Waals surface area contributed by atoms with E-state index in [4.69, 9.17) is 15.0 Å². The standard InChI is InChI=1S/C99H94BN5/c1-97(2,3)82-55-78(71-43-29-16-30-44-71)56-85(62-82)104-89-47-45-72(65-31-17-10-18-32-65)57-87(89)100-88-58-73(66-33-19-11-20-34-66)46-48-90(88)105(86-63-83(98(4,5)6)61-84(64-86)99(7,8)9)92-60-81(59-91(104)93(92)100)96-102-94(79-51-74(67-35-21-12-22-36-67)49-75(52-79)68-37-23-13-24-38-68)101-95(103-96)80-53-76(69-39-25-14-26-40-69)50-77(54-80)70-41-27-15-28-42-70/h12-16,21-30,35-66H,10-11,17-20,31-34H2,1-9H3. The maximum Gasteiger partial charge on any atom is 0.252 e. The van der Waals surface area contributed by atoms with Crippen LogP contribution in [0.3, 0.4) is 0 Å². The van der Waals surface area contributed by atoms with Crippen LogP contribution in [0.2, 0.25) is 0 Å². The van der Waals surface area contributed by atoms with E-state index in [1.54, 1.807) is 0 Å². The lowest BCUT2D eigenvalue weighted by atomic mass is 9.33. The summed E-state index contributed by atoms with van der Waals surface area (Å²) in [4.78, 5) is 23.0. The number of benzene rings is 12. The molecule has 0 spiro atoms. The highest BCUT2D eigenvalue weighted by molar-refractivity contribution is 7.00. The van der Waals surface area contributed by atoms with Gasteiger partial charge in [-0.25, -0.2) is 15.0 Å². The number of rotatable bonds is 12. The minimum absolute atomic E-state index is 0.111.